The van der Waals surface area contributed by atoms with E-state index in [2.05, 4.69) is 5.32 Å². The third-order valence-corrected chi connectivity index (χ3v) is 6.45. The monoisotopic (exact) mass is 486 g/mol. The van der Waals surface area contributed by atoms with Crippen LogP contribution < -0.4 is 11.1 Å². The van der Waals surface area contributed by atoms with Crippen molar-refractivity contribution >= 4 is 40.3 Å². The van der Waals surface area contributed by atoms with Crippen LogP contribution in [0, 0.1) is 5.82 Å². The molecule has 8 nitrogen and oxygen atoms in total. The number of aromatic nitrogens is 1. The molecule has 0 bridgehead atoms. The molecule has 10 heteroatoms. The first-order chi connectivity index (χ1) is 16.3. The lowest BCUT2D eigenvalue weighted by molar-refractivity contribution is -0.140. The van der Waals surface area contributed by atoms with Crippen LogP contribution >= 0.6 is 11.6 Å². The van der Waals surface area contributed by atoms with E-state index in [1.807, 2.05) is 0 Å². The fourth-order valence-electron chi connectivity index (χ4n) is 4.51. The number of nitrogens with two attached hydrogens (primary N) is 1. The van der Waals surface area contributed by atoms with Gasteiger partial charge in [0, 0.05) is 23.7 Å². The van der Waals surface area contributed by atoms with E-state index in [9.17, 15) is 23.9 Å². The van der Waals surface area contributed by atoms with E-state index in [0.29, 0.717) is 29.3 Å². The molecular weight excluding hydrogens is 463 g/mol. The standard InChI is InChI=1S/C24H24ClFN4O4/c25-18-6-3-4-14(22(18)26)11-28-23(33)20-9-8-16(13-31)30(20)21(32)10-15-12-29(24(27)34)19-7-2-1-5-17(15)19/h1-7,12,16,20,31H,8-11,13H2,(H2,27,34)(H,28,33). The number of hydrogen-bond donors (Lipinski definition) is 3. The first-order valence-electron chi connectivity index (χ1n) is 10.8. The van der Waals surface area contributed by atoms with Crippen molar-refractivity contribution in [2.45, 2.75) is 37.9 Å². The Balaban J connectivity index is 1.53. The average Bonchev–Trinajstić information content (AvgIpc) is 3.42. The molecule has 4 rings (SSSR count). The molecule has 2 aromatic carbocycles. The van der Waals surface area contributed by atoms with Crippen molar-refractivity contribution in [2.24, 2.45) is 5.73 Å². The number of rotatable bonds is 6. The van der Waals surface area contributed by atoms with Crippen molar-refractivity contribution in [2.75, 3.05) is 6.61 Å². The first-order valence-corrected chi connectivity index (χ1v) is 11.2. The molecular formula is C24H24ClFN4O4. The molecule has 3 aromatic rings. The number of halogens is 2. The summed E-state index contributed by atoms with van der Waals surface area (Å²) in [6.45, 7) is -0.374. The number of aliphatic hydroxyl groups excluding tert-OH is 1. The van der Waals surface area contributed by atoms with Gasteiger partial charge >= 0.3 is 6.03 Å². The fraction of sp³-hybridized carbons (Fsp3) is 0.292. The Hall–Kier alpha value is -3.43. The zero-order chi connectivity index (χ0) is 24.4. The van der Waals surface area contributed by atoms with Gasteiger partial charge in [0.05, 0.1) is 29.6 Å². The fourth-order valence-corrected chi connectivity index (χ4v) is 4.70. The molecule has 1 aliphatic rings. The van der Waals surface area contributed by atoms with Crippen LogP contribution in [0.2, 0.25) is 5.02 Å². The summed E-state index contributed by atoms with van der Waals surface area (Å²) in [5.41, 5.74) is 6.86. The van der Waals surface area contributed by atoms with Crippen molar-refractivity contribution in [1.82, 2.24) is 14.8 Å². The predicted molar refractivity (Wildman–Crippen MR) is 125 cm³/mol. The molecule has 2 unspecified atom stereocenters. The topological polar surface area (TPSA) is 118 Å². The second-order valence-corrected chi connectivity index (χ2v) is 8.63. The number of para-hydroxylation sites is 1. The molecule has 0 spiro atoms. The van der Waals surface area contributed by atoms with E-state index in [4.69, 9.17) is 17.3 Å². The molecule has 1 fully saturated rings. The number of carbonyl (C=O) groups excluding carboxylic acids is 3. The second kappa shape index (κ2) is 9.82. The predicted octanol–water partition coefficient (Wildman–Crippen LogP) is 2.57. The van der Waals surface area contributed by atoms with Crippen LogP contribution in [-0.2, 0) is 22.6 Å². The van der Waals surface area contributed by atoms with Crippen molar-refractivity contribution in [3.63, 3.8) is 0 Å². The zero-order valence-electron chi connectivity index (χ0n) is 18.2. The van der Waals surface area contributed by atoms with E-state index in [-0.39, 0.29) is 36.1 Å². The SMILES string of the molecule is NC(=O)n1cc(CC(=O)N2C(CO)CCC2C(=O)NCc2cccc(Cl)c2F)c2ccccc21. The number of amides is 3. The smallest absolute Gasteiger partial charge is 0.323 e. The van der Waals surface area contributed by atoms with E-state index >= 15 is 0 Å². The lowest BCUT2D eigenvalue weighted by Crippen LogP contribution is -2.50. The Morgan fingerprint density at radius 1 is 1.12 bits per heavy atom. The van der Waals surface area contributed by atoms with Gasteiger partial charge in [-0.25, -0.2) is 9.18 Å². The number of primary amides is 1. The lowest BCUT2D eigenvalue weighted by Gasteiger charge is -2.29. The maximum Gasteiger partial charge on any atom is 0.323 e. The molecule has 3 amide bonds. The summed E-state index contributed by atoms with van der Waals surface area (Å²) in [5.74, 6) is -1.41. The van der Waals surface area contributed by atoms with Crippen LogP contribution in [0.3, 0.4) is 0 Å². The first kappa shape index (κ1) is 23.7. The molecule has 178 valence electrons. The molecule has 2 heterocycles. The summed E-state index contributed by atoms with van der Waals surface area (Å²) in [7, 11) is 0. The number of nitrogens with one attached hydrogen (secondary N) is 1. The highest BCUT2D eigenvalue weighted by atomic mass is 35.5. The summed E-state index contributed by atoms with van der Waals surface area (Å²) >= 11 is 5.80. The lowest BCUT2D eigenvalue weighted by atomic mass is 10.1. The van der Waals surface area contributed by atoms with Crippen molar-refractivity contribution < 1.29 is 23.9 Å². The van der Waals surface area contributed by atoms with Crippen LogP contribution in [0.5, 0.6) is 0 Å². The van der Waals surface area contributed by atoms with E-state index in [0.717, 1.165) is 0 Å². The van der Waals surface area contributed by atoms with Crippen LogP contribution in [0.4, 0.5) is 9.18 Å². The Labute approximate surface area is 200 Å². The molecule has 0 aliphatic carbocycles. The number of benzene rings is 2. The minimum Gasteiger partial charge on any atom is -0.394 e. The quantitative estimate of drug-likeness (QED) is 0.496. The molecule has 2 atom stereocenters. The Morgan fingerprint density at radius 3 is 2.62 bits per heavy atom. The number of hydrogen-bond acceptors (Lipinski definition) is 4. The van der Waals surface area contributed by atoms with Crippen molar-refractivity contribution in [3.8, 4) is 0 Å². The molecule has 34 heavy (non-hydrogen) atoms. The van der Waals surface area contributed by atoms with Gasteiger partial charge in [0.1, 0.15) is 11.9 Å². The number of aliphatic hydroxyl groups is 1. The average molecular weight is 487 g/mol. The largest absolute Gasteiger partial charge is 0.394 e. The molecule has 0 radical (unpaired) electrons. The van der Waals surface area contributed by atoms with Gasteiger partial charge in [0.2, 0.25) is 11.8 Å². The summed E-state index contributed by atoms with van der Waals surface area (Å²) in [6, 6.07) is 9.59. The van der Waals surface area contributed by atoms with Gasteiger partial charge in [0.15, 0.2) is 0 Å². The molecule has 1 aliphatic heterocycles. The highest BCUT2D eigenvalue weighted by molar-refractivity contribution is 6.30. The highest BCUT2D eigenvalue weighted by Crippen LogP contribution is 2.28. The number of nitrogens with zero attached hydrogens (tertiary/aromatic N) is 2. The van der Waals surface area contributed by atoms with Crippen LogP contribution in [0.25, 0.3) is 10.9 Å². The molecule has 0 saturated carbocycles. The maximum atomic E-state index is 14.2. The molecule has 1 aromatic heterocycles. The van der Waals surface area contributed by atoms with Gasteiger partial charge in [-0.15, -0.1) is 0 Å². The van der Waals surface area contributed by atoms with Crippen LogP contribution in [0.1, 0.15) is 24.0 Å². The normalized spacial score (nSPS) is 17.8. The molecule has 1 saturated heterocycles. The number of fused-ring (bicyclic) bond motifs is 1. The molecule has 4 N–H and O–H groups in total. The van der Waals surface area contributed by atoms with E-state index in [1.165, 1.54) is 27.8 Å². The maximum absolute atomic E-state index is 14.2. The van der Waals surface area contributed by atoms with Crippen LogP contribution in [0.15, 0.2) is 48.7 Å². The Morgan fingerprint density at radius 2 is 1.88 bits per heavy atom. The minimum atomic E-state index is -0.809. The zero-order valence-corrected chi connectivity index (χ0v) is 19.0. The summed E-state index contributed by atoms with van der Waals surface area (Å²) in [6.07, 6.45) is 2.26. The third-order valence-electron chi connectivity index (χ3n) is 6.16. The Bertz CT molecular complexity index is 1260. The summed E-state index contributed by atoms with van der Waals surface area (Å²) < 4.78 is 15.4. The Kier molecular flexibility index (Phi) is 6.85. The summed E-state index contributed by atoms with van der Waals surface area (Å²) in [5, 5.41) is 13.2. The van der Waals surface area contributed by atoms with E-state index in [1.54, 1.807) is 30.3 Å². The van der Waals surface area contributed by atoms with Gasteiger partial charge in [-0.2, -0.15) is 0 Å². The van der Waals surface area contributed by atoms with E-state index < -0.39 is 29.8 Å². The van der Waals surface area contributed by atoms with Gasteiger partial charge in [-0.1, -0.05) is 41.9 Å². The van der Waals surface area contributed by atoms with Gasteiger partial charge in [-0.3, -0.25) is 14.2 Å². The van der Waals surface area contributed by atoms with Gasteiger partial charge in [-0.05, 0) is 30.5 Å². The minimum absolute atomic E-state index is 0.0418. The van der Waals surface area contributed by atoms with Gasteiger partial charge in [0.25, 0.3) is 0 Å². The highest BCUT2D eigenvalue weighted by Gasteiger charge is 2.40. The number of likely N-dealkylation sites (tertiary alicyclic amines) is 1. The second-order valence-electron chi connectivity index (χ2n) is 8.22. The van der Waals surface area contributed by atoms with Crippen LogP contribution in [-0.4, -0.2) is 51.1 Å². The van der Waals surface area contributed by atoms with Gasteiger partial charge < -0.3 is 21.1 Å². The van der Waals surface area contributed by atoms with Crippen molar-refractivity contribution in [3.05, 3.63) is 70.6 Å². The van der Waals surface area contributed by atoms with Crippen molar-refractivity contribution in [1.29, 1.82) is 0 Å². The summed E-state index contributed by atoms with van der Waals surface area (Å²) in [4.78, 5) is 39.5. The number of carbonyl (C=O) groups is 3. The third kappa shape index (κ3) is 4.49.